The molecule has 2 heteroatoms. The number of amides is 1. The van der Waals surface area contributed by atoms with Gasteiger partial charge in [-0.25, -0.2) is 0 Å². The van der Waals surface area contributed by atoms with E-state index in [1.54, 1.807) is 0 Å². The van der Waals surface area contributed by atoms with E-state index in [0.717, 1.165) is 22.4 Å². The first-order valence-electron chi connectivity index (χ1n) is 9.96. The van der Waals surface area contributed by atoms with Gasteiger partial charge >= 0.3 is 0 Å². The van der Waals surface area contributed by atoms with Gasteiger partial charge in [0.2, 0.25) is 0 Å². The molecule has 0 aliphatic rings. The molecular weight excluding hydrogens is 366 g/mol. The maximum atomic E-state index is 13.5. The van der Waals surface area contributed by atoms with Crippen molar-refractivity contribution in [3.8, 4) is 0 Å². The van der Waals surface area contributed by atoms with Crippen LogP contribution in [0.5, 0.6) is 0 Å². The minimum absolute atomic E-state index is 0.169. The van der Waals surface area contributed by atoms with Crippen molar-refractivity contribution >= 4 is 11.6 Å². The maximum Gasteiger partial charge on any atom is 0.251 e. The second kappa shape index (κ2) is 8.62. The lowest BCUT2D eigenvalue weighted by atomic mass is 9.75. The number of para-hydroxylation sites is 1. The first-order chi connectivity index (χ1) is 14.8. The topological polar surface area (TPSA) is 20.3 Å². The average molecular weight is 389 g/mol. The van der Waals surface area contributed by atoms with Gasteiger partial charge < -0.3 is 0 Å². The molecule has 0 unspecified atom stereocenters. The average Bonchev–Trinajstić information content (AvgIpc) is 2.84. The summed E-state index contributed by atoms with van der Waals surface area (Å²) >= 11 is 0. The van der Waals surface area contributed by atoms with Crippen molar-refractivity contribution in [2.24, 2.45) is 0 Å². The molecule has 0 N–H and O–H groups in total. The largest absolute Gasteiger partial charge is 0.290 e. The van der Waals surface area contributed by atoms with E-state index >= 15 is 0 Å². The van der Waals surface area contributed by atoms with Crippen LogP contribution in [0.15, 0.2) is 134 Å². The third-order valence-electron chi connectivity index (χ3n) is 5.32. The van der Waals surface area contributed by atoms with E-state index in [1.165, 1.54) is 6.08 Å². The Morgan fingerprint density at radius 1 is 0.600 bits per heavy atom. The Morgan fingerprint density at radius 3 is 1.27 bits per heavy atom. The van der Waals surface area contributed by atoms with Crippen LogP contribution in [0, 0.1) is 0 Å². The summed E-state index contributed by atoms with van der Waals surface area (Å²) in [5, 5.41) is 0. The lowest BCUT2D eigenvalue weighted by Gasteiger charge is -2.45. The number of anilines is 1. The fourth-order valence-corrected chi connectivity index (χ4v) is 4.08. The molecule has 0 spiro atoms. The molecule has 0 aliphatic heterocycles. The molecule has 0 aliphatic carbocycles. The summed E-state index contributed by atoms with van der Waals surface area (Å²) in [6, 6.07) is 40.3. The normalized spacial score (nSPS) is 10.9. The number of carbonyl (C=O) groups is 1. The van der Waals surface area contributed by atoms with Gasteiger partial charge in [0.25, 0.3) is 5.91 Å². The Labute approximate surface area is 177 Å². The Kier molecular flexibility index (Phi) is 5.58. The fourth-order valence-electron chi connectivity index (χ4n) is 4.08. The van der Waals surface area contributed by atoms with Gasteiger partial charge in [0.05, 0.1) is 0 Å². The minimum atomic E-state index is -0.865. The van der Waals surface area contributed by atoms with Crippen LogP contribution >= 0.6 is 0 Å². The lowest BCUT2D eigenvalue weighted by Crippen LogP contribution is -2.51. The summed E-state index contributed by atoms with van der Waals surface area (Å²) < 4.78 is 0. The molecule has 0 saturated heterocycles. The molecule has 0 atom stereocenters. The Balaban J connectivity index is 2.16. The molecule has 0 heterocycles. The zero-order valence-corrected chi connectivity index (χ0v) is 16.7. The molecule has 4 rings (SSSR count). The van der Waals surface area contributed by atoms with Crippen LogP contribution in [0.4, 0.5) is 5.69 Å². The van der Waals surface area contributed by atoms with Crippen LogP contribution in [-0.2, 0) is 10.3 Å². The number of carbonyl (C=O) groups excluding carboxylic acids is 1. The highest BCUT2D eigenvalue weighted by atomic mass is 16.2. The quantitative estimate of drug-likeness (QED) is 0.284. The standard InChI is InChI=1S/C28H23NO/c1-2-27(30)29(26-21-13-6-14-22-26)28(23-15-7-3-8-16-23,24-17-9-4-10-18-24)25-19-11-5-12-20-25/h2-22H,1H2. The molecule has 0 aromatic heterocycles. The zero-order chi connectivity index (χ0) is 20.8. The van der Waals surface area contributed by atoms with E-state index in [1.807, 2.05) is 89.8 Å². The summed E-state index contributed by atoms with van der Waals surface area (Å²) in [6.45, 7) is 3.81. The fraction of sp³-hybridized carbons (Fsp3) is 0.0357. The summed E-state index contributed by atoms with van der Waals surface area (Å²) in [7, 11) is 0. The van der Waals surface area contributed by atoms with Crippen molar-refractivity contribution in [2.75, 3.05) is 4.90 Å². The highest BCUT2D eigenvalue weighted by Gasteiger charge is 2.44. The number of rotatable bonds is 6. The Hall–Kier alpha value is -3.91. The van der Waals surface area contributed by atoms with E-state index in [0.29, 0.717) is 0 Å². The van der Waals surface area contributed by atoms with Gasteiger partial charge in [-0.15, -0.1) is 0 Å². The molecule has 1 amide bonds. The third-order valence-corrected chi connectivity index (χ3v) is 5.32. The predicted molar refractivity (Wildman–Crippen MR) is 123 cm³/mol. The molecule has 146 valence electrons. The van der Waals surface area contributed by atoms with Gasteiger partial charge in [0, 0.05) is 5.69 Å². The van der Waals surface area contributed by atoms with Gasteiger partial charge in [-0.3, -0.25) is 9.69 Å². The van der Waals surface area contributed by atoms with Gasteiger partial charge in [0.15, 0.2) is 0 Å². The third kappa shape index (κ3) is 3.33. The van der Waals surface area contributed by atoms with Crippen molar-refractivity contribution in [3.63, 3.8) is 0 Å². The highest BCUT2D eigenvalue weighted by Crippen LogP contribution is 2.44. The van der Waals surface area contributed by atoms with Crippen LogP contribution in [0.25, 0.3) is 0 Å². The second-order valence-electron chi connectivity index (χ2n) is 7.02. The molecular formula is C28H23NO. The van der Waals surface area contributed by atoms with E-state index in [4.69, 9.17) is 0 Å². The van der Waals surface area contributed by atoms with Crippen molar-refractivity contribution in [2.45, 2.75) is 5.54 Å². The lowest BCUT2D eigenvalue weighted by molar-refractivity contribution is -0.115. The first-order valence-corrected chi connectivity index (χ1v) is 9.96. The Bertz CT molecular complexity index is 1010. The summed E-state index contributed by atoms with van der Waals surface area (Å²) in [6.07, 6.45) is 1.39. The Morgan fingerprint density at radius 2 is 0.933 bits per heavy atom. The molecule has 4 aromatic rings. The number of benzene rings is 4. The van der Waals surface area contributed by atoms with E-state index in [2.05, 4.69) is 43.0 Å². The van der Waals surface area contributed by atoms with Crippen molar-refractivity contribution in [3.05, 3.63) is 151 Å². The molecule has 30 heavy (non-hydrogen) atoms. The van der Waals surface area contributed by atoms with Gasteiger partial charge in [-0.05, 0) is 34.9 Å². The van der Waals surface area contributed by atoms with Crippen molar-refractivity contribution in [1.29, 1.82) is 0 Å². The minimum Gasteiger partial charge on any atom is -0.290 e. The second-order valence-corrected chi connectivity index (χ2v) is 7.02. The van der Waals surface area contributed by atoms with Crippen LogP contribution in [0.1, 0.15) is 16.7 Å². The SMILES string of the molecule is C=CC(=O)N(c1ccccc1)C(c1ccccc1)(c1ccccc1)c1ccccc1. The van der Waals surface area contributed by atoms with E-state index in [9.17, 15) is 4.79 Å². The van der Waals surface area contributed by atoms with E-state index in [-0.39, 0.29) is 5.91 Å². The van der Waals surface area contributed by atoms with Crippen LogP contribution in [0.2, 0.25) is 0 Å². The van der Waals surface area contributed by atoms with Crippen LogP contribution in [-0.4, -0.2) is 5.91 Å². The molecule has 0 saturated carbocycles. The summed E-state index contributed by atoms with van der Waals surface area (Å²) in [4.78, 5) is 15.3. The monoisotopic (exact) mass is 389 g/mol. The first kappa shape index (κ1) is 19.4. The van der Waals surface area contributed by atoms with Gasteiger partial charge in [-0.1, -0.05) is 116 Å². The van der Waals surface area contributed by atoms with E-state index < -0.39 is 5.54 Å². The maximum absolute atomic E-state index is 13.5. The molecule has 4 aromatic carbocycles. The highest BCUT2D eigenvalue weighted by molar-refractivity contribution is 6.03. The molecule has 0 fully saturated rings. The van der Waals surface area contributed by atoms with Gasteiger partial charge in [-0.2, -0.15) is 0 Å². The number of nitrogens with zero attached hydrogens (tertiary/aromatic N) is 1. The van der Waals surface area contributed by atoms with Crippen molar-refractivity contribution < 1.29 is 4.79 Å². The number of hydrogen-bond donors (Lipinski definition) is 0. The van der Waals surface area contributed by atoms with Gasteiger partial charge in [0.1, 0.15) is 5.54 Å². The van der Waals surface area contributed by atoms with Crippen molar-refractivity contribution in [1.82, 2.24) is 0 Å². The zero-order valence-electron chi connectivity index (χ0n) is 16.7. The number of hydrogen-bond acceptors (Lipinski definition) is 1. The molecule has 2 nitrogen and oxygen atoms in total. The predicted octanol–water partition coefficient (Wildman–Crippen LogP) is 6.20. The van der Waals surface area contributed by atoms with Crippen LogP contribution in [0.3, 0.4) is 0 Å². The summed E-state index contributed by atoms with van der Waals surface area (Å²) in [5.74, 6) is -0.169. The molecule has 0 bridgehead atoms. The van der Waals surface area contributed by atoms with Crippen LogP contribution < -0.4 is 4.90 Å². The molecule has 0 radical (unpaired) electrons. The summed E-state index contributed by atoms with van der Waals surface area (Å²) in [5.41, 5.74) is 2.94. The smallest absolute Gasteiger partial charge is 0.251 e.